The van der Waals surface area contributed by atoms with E-state index in [0.717, 1.165) is 32.0 Å². The van der Waals surface area contributed by atoms with Crippen LogP contribution in [0.5, 0.6) is 5.75 Å². The lowest BCUT2D eigenvalue weighted by atomic mass is 10.0. The number of ether oxygens (including phenoxy) is 1. The first-order chi connectivity index (χ1) is 12.9. The summed E-state index contributed by atoms with van der Waals surface area (Å²) < 4.78 is 18.6. The number of aliphatic hydroxyl groups is 1. The van der Waals surface area contributed by atoms with Gasteiger partial charge < -0.3 is 14.7 Å². The van der Waals surface area contributed by atoms with Crippen molar-refractivity contribution >= 4 is 11.7 Å². The van der Waals surface area contributed by atoms with E-state index in [9.17, 15) is 19.1 Å². The van der Waals surface area contributed by atoms with Crippen LogP contribution >= 0.6 is 0 Å². The molecule has 6 nitrogen and oxygen atoms in total. The lowest BCUT2D eigenvalue weighted by molar-refractivity contribution is -0.142. The molecular formula is C20H29FN2O4. The van der Waals surface area contributed by atoms with Crippen molar-refractivity contribution in [3.05, 3.63) is 29.6 Å². The fourth-order valence-electron chi connectivity index (χ4n) is 3.54. The summed E-state index contributed by atoms with van der Waals surface area (Å²) >= 11 is 0. The minimum absolute atomic E-state index is 0.0403. The van der Waals surface area contributed by atoms with E-state index in [1.54, 1.807) is 4.90 Å². The van der Waals surface area contributed by atoms with E-state index in [4.69, 9.17) is 4.74 Å². The van der Waals surface area contributed by atoms with Crippen LogP contribution in [0.1, 0.15) is 43.5 Å². The van der Waals surface area contributed by atoms with E-state index in [0.29, 0.717) is 19.1 Å². The number of carbonyl (C=O) groups excluding carboxylic acids is 2. The van der Waals surface area contributed by atoms with E-state index < -0.39 is 23.6 Å². The lowest BCUT2D eigenvalue weighted by Crippen LogP contribution is -2.54. The van der Waals surface area contributed by atoms with Crippen LogP contribution in [-0.4, -0.2) is 72.0 Å². The quantitative estimate of drug-likeness (QED) is 0.700. The van der Waals surface area contributed by atoms with Gasteiger partial charge >= 0.3 is 0 Å². The number of piperazine rings is 1. The van der Waals surface area contributed by atoms with Crippen molar-refractivity contribution in [1.82, 2.24) is 9.80 Å². The predicted molar refractivity (Wildman–Crippen MR) is 100 cm³/mol. The molecule has 1 unspecified atom stereocenters. The average Bonchev–Trinajstić information content (AvgIpc) is 2.68. The molecule has 1 aliphatic rings. The van der Waals surface area contributed by atoms with Crippen LogP contribution in [0.2, 0.25) is 0 Å². The van der Waals surface area contributed by atoms with Crippen LogP contribution in [0.3, 0.4) is 0 Å². The molecule has 1 amide bonds. The van der Waals surface area contributed by atoms with Gasteiger partial charge in [0.05, 0.1) is 7.11 Å². The molecule has 0 spiro atoms. The van der Waals surface area contributed by atoms with Gasteiger partial charge in [-0.2, -0.15) is 0 Å². The average molecular weight is 380 g/mol. The Bertz CT molecular complexity index is 655. The molecule has 1 fully saturated rings. The number of aliphatic hydroxyl groups excluding tert-OH is 1. The van der Waals surface area contributed by atoms with Crippen molar-refractivity contribution in [1.29, 1.82) is 0 Å². The monoisotopic (exact) mass is 380 g/mol. The Labute approximate surface area is 159 Å². The molecular weight excluding hydrogens is 351 g/mol. The minimum Gasteiger partial charge on any atom is -0.494 e. The van der Waals surface area contributed by atoms with Crippen LogP contribution in [0.15, 0.2) is 18.2 Å². The zero-order chi connectivity index (χ0) is 20.0. The Kier molecular flexibility index (Phi) is 7.74. The molecule has 1 aliphatic heterocycles. The molecule has 1 saturated heterocycles. The highest BCUT2D eigenvalue weighted by atomic mass is 19.1. The highest BCUT2D eigenvalue weighted by Gasteiger charge is 2.29. The Balaban J connectivity index is 1.90. The maximum atomic E-state index is 13.7. The number of ketones is 1. The summed E-state index contributed by atoms with van der Waals surface area (Å²) in [5.41, 5.74) is 0.110. The standard InChI is InChI=1S/C20H29FN2O4/c1-4-15(5-2)22-8-10-23(11-9-22)20(26)18(25)13-17(24)14-6-7-19(27-3)16(21)12-14/h6-7,12,15,18,25H,4-5,8-11,13H2,1-3H3. The number of amides is 1. The van der Waals surface area contributed by atoms with Gasteiger partial charge in [0.1, 0.15) is 6.10 Å². The molecule has 7 heteroatoms. The van der Waals surface area contributed by atoms with E-state index in [-0.39, 0.29) is 17.7 Å². The van der Waals surface area contributed by atoms with E-state index in [1.807, 2.05) is 0 Å². The highest BCUT2D eigenvalue weighted by molar-refractivity contribution is 5.99. The number of Topliss-reactive ketones (excluding diaryl/α,β-unsaturated/α-hetero) is 1. The Morgan fingerprint density at radius 2 is 1.81 bits per heavy atom. The second-order valence-electron chi connectivity index (χ2n) is 6.82. The molecule has 27 heavy (non-hydrogen) atoms. The first-order valence-corrected chi connectivity index (χ1v) is 9.48. The van der Waals surface area contributed by atoms with E-state index >= 15 is 0 Å². The molecule has 1 atom stereocenters. The van der Waals surface area contributed by atoms with Crippen LogP contribution in [0.4, 0.5) is 4.39 Å². The SMILES string of the molecule is CCC(CC)N1CCN(C(=O)C(O)CC(=O)c2ccc(OC)c(F)c2)CC1. The van der Waals surface area contributed by atoms with Crippen molar-refractivity contribution in [2.24, 2.45) is 0 Å². The zero-order valence-corrected chi connectivity index (χ0v) is 16.3. The third-order valence-corrected chi connectivity index (χ3v) is 5.22. The summed E-state index contributed by atoms with van der Waals surface area (Å²) in [7, 11) is 1.34. The maximum absolute atomic E-state index is 13.7. The number of hydrogen-bond donors (Lipinski definition) is 1. The summed E-state index contributed by atoms with van der Waals surface area (Å²) in [6.45, 7) is 6.92. The van der Waals surface area contributed by atoms with Crippen molar-refractivity contribution in [2.75, 3.05) is 33.3 Å². The second-order valence-corrected chi connectivity index (χ2v) is 6.82. The van der Waals surface area contributed by atoms with Crippen LogP contribution in [0.25, 0.3) is 0 Å². The van der Waals surface area contributed by atoms with Gasteiger partial charge in [0.2, 0.25) is 0 Å². The summed E-state index contributed by atoms with van der Waals surface area (Å²) in [6.07, 6.45) is 0.361. The molecule has 1 heterocycles. The molecule has 0 bridgehead atoms. The van der Waals surface area contributed by atoms with Gasteiger partial charge in [-0.15, -0.1) is 0 Å². The Morgan fingerprint density at radius 1 is 1.19 bits per heavy atom. The lowest BCUT2D eigenvalue weighted by Gasteiger charge is -2.39. The molecule has 0 aromatic heterocycles. The largest absolute Gasteiger partial charge is 0.494 e. The summed E-state index contributed by atoms with van der Waals surface area (Å²) in [5.74, 6) is -1.53. The fourth-order valence-corrected chi connectivity index (χ4v) is 3.54. The van der Waals surface area contributed by atoms with Gasteiger partial charge in [0, 0.05) is 44.2 Å². The highest BCUT2D eigenvalue weighted by Crippen LogP contribution is 2.19. The minimum atomic E-state index is -1.41. The Hall–Kier alpha value is -1.99. The van der Waals surface area contributed by atoms with Crippen LogP contribution < -0.4 is 4.74 Å². The number of hydrogen-bond acceptors (Lipinski definition) is 5. The number of benzene rings is 1. The Morgan fingerprint density at radius 3 is 2.33 bits per heavy atom. The molecule has 1 N–H and O–H groups in total. The molecule has 0 saturated carbocycles. The van der Waals surface area contributed by atoms with Crippen molar-refractivity contribution in [3.63, 3.8) is 0 Å². The second kappa shape index (κ2) is 9.80. The molecule has 0 radical (unpaired) electrons. The topological polar surface area (TPSA) is 70.1 Å². The molecule has 0 aliphatic carbocycles. The van der Waals surface area contributed by atoms with Gasteiger partial charge in [-0.25, -0.2) is 4.39 Å². The first kappa shape index (κ1) is 21.3. The smallest absolute Gasteiger partial charge is 0.251 e. The molecule has 1 aromatic carbocycles. The van der Waals surface area contributed by atoms with Crippen molar-refractivity contribution < 1.29 is 23.8 Å². The third-order valence-electron chi connectivity index (χ3n) is 5.22. The van der Waals surface area contributed by atoms with Gasteiger partial charge in [-0.3, -0.25) is 14.5 Å². The summed E-state index contributed by atoms with van der Waals surface area (Å²) in [6, 6.07) is 4.36. The zero-order valence-electron chi connectivity index (χ0n) is 16.3. The number of rotatable bonds is 8. The number of carbonyl (C=O) groups is 2. The number of methoxy groups -OCH3 is 1. The molecule has 150 valence electrons. The molecule has 1 aromatic rings. The normalized spacial score (nSPS) is 16.4. The van der Waals surface area contributed by atoms with Gasteiger partial charge in [0.15, 0.2) is 17.3 Å². The van der Waals surface area contributed by atoms with Crippen molar-refractivity contribution in [2.45, 2.75) is 45.3 Å². The molecule has 2 rings (SSSR count). The fraction of sp³-hybridized carbons (Fsp3) is 0.600. The van der Waals surface area contributed by atoms with Crippen LogP contribution in [-0.2, 0) is 4.79 Å². The predicted octanol–water partition coefficient (Wildman–Crippen LogP) is 2.10. The number of halogens is 1. The van der Waals surface area contributed by atoms with E-state index in [1.165, 1.54) is 19.2 Å². The number of nitrogens with zero attached hydrogens (tertiary/aromatic N) is 2. The van der Waals surface area contributed by atoms with Gasteiger partial charge in [-0.1, -0.05) is 13.8 Å². The summed E-state index contributed by atoms with van der Waals surface area (Å²) in [4.78, 5) is 28.7. The summed E-state index contributed by atoms with van der Waals surface area (Å²) in [5, 5.41) is 10.2. The maximum Gasteiger partial charge on any atom is 0.251 e. The van der Waals surface area contributed by atoms with Gasteiger partial charge in [0.25, 0.3) is 5.91 Å². The van der Waals surface area contributed by atoms with Crippen molar-refractivity contribution in [3.8, 4) is 5.75 Å². The van der Waals surface area contributed by atoms with E-state index in [2.05, 4.69) is 18.7 Å². The van der Waals surface area contributed by atoms with Gasteiger partial charge in [-0.05, 0) is 31.0 Å². The third kappa shape index (κ3) is 5.26. The first-order valence-electron chi connectivity index (χ1n) is 9.48. The van der Waals surface area contributed by atoms with Crippen LogP contribution in [0, 0.1) is 5.82 Å².